The standard InChI is InChI=1S/C14H30N2O/c1-3-5-6-9-15-10-12-16-11-7-8-14(13-16)17-4-2/h14-15H,3-13H2,1-2H3. The van der Waals surface area contributed by atoms with E-state index in [1.165, 1.54) is 51.7 Å². The van der Waals surface area contributed by atoms with Crippen molar-refractivity contribution in [3.63, 3.8) is 0 Å². The minimum absolute atomic E-state index is 0.480. The lowest BCUT2D eigenvalue weighted by molar-refractivity contribution is 0.00637. The van der Waals surface area contributed by atoms with Gasteiger partial charge in [-0.25, -0.2) is 0 Å². The molecular weight excluding hydrogens is 212 g/mol. The average molecular weight is 242 g/mol. The summed E-state index contributed by atoms with van der Waals surface area (Å²) in [5.41, 5.74) is 0. The number of hydrogen-bond donors (Lipinski definition) is 1. The first kappa shape index (κ1) is 14.9. The second-order valence-electron chi connectivity index (χ2n) is 4.98. The number of ether oxygens (including phenoxy) is 1. The Morgan fingerprint density at radius 1 is 1.24 bits per heavy atom. The quantitative estimate of drug-likeness (QED) is 0.628. The average Bonchev–Trinajstić information content (AvgIpc) is 2.35. The molecule has 1 atom stereocenters. The van der Waals surface area contributed by atoms with Crippen LogP contribution in [-0.2, 0) is 4.74 Å². The summed E-state index contributed by atoms with van der Waals surface area (Å²) in [6, 6.07) is 0. The van der Waals surface area contributed by atoms with E-state index >= 15 is 0 Å². The van der Waals surface area contributed by atoms with E-state index in [2.05, 4.69) is 24.1 Å². The molecule has 3 heteroatoms. The van der Waals surface area contributed by atoms with Crippen LogP contribution in [0.15, 0.2) is 0 Å². The Labute approximate surface area is 107 Å². The van der Waals surface area contributed by atoms with Crippen molar-refractivity contribution in [1.29, 1.82) is 0 Å². The SMILES string of the molecule is CCCCCNCCN1CCCC(OCC)C1. The van der Waals surface area contributed by atoms with Crippen LogP contribution in [0.3, 0.4) is 0 Å². The Morgan fingerprint density at radius 3 is 2.88 bits per heavy atom. The maximum Gasteiger partial charge on any atom is 0.0702 e. The molecule has 0 saturated carbocycles. The summed E-state index contributed by atoms with van der Waals surface area (Å²) in [5.74, 6) is 0. The van der Waals surface area contributed by atoms with Gasteiger partial charge >= 0.3 is 0 Å². The fourth-order valence-electron chi connectivity index (χ4n) is 2.45. The van der Waals surface area contributed by atoms with Gasteiger partial charge in [0.2, 0.25) is 0 Å². The van der Waals surface area contributed by atoms with Gasteiger partial charge in [0.25, 0.3) is 0 Å². The van der Waals surface area contributed by atoms with Crippen molar-refractivity contribution in [2.75, 3.05) is 39.3 Å². The van der Waals surface area contributed by atoms with Gasteiger partial charge in [-0.1, -0.05) is 19.8 Å². The highest BCUT2D eigenvalue weighted by Gasteiger charge is 2.19. The zero-order valence-corrected chi connectivity index (χ0v) is 11.7. The molecule has 1 fully saturated rings. The lowest BCUT2D eigenvalue weighted by Crippen LogP contribution is -2.42. The van der Waals surface area contributed by atoms with E-state index in [0.717, 1.165) is 19.7 Å². The van der Waals surface area contributed by atoms with Crippen LogP contribution in [0.2, 0.25) is 0 Å². The summed E-state index contributed by atoms with van der Waals surface area (Å²) < 4.78 is 5.71. The van der Waals surface area contributed by atoms with Crippen LogP contribution in [0.25, 0.3) is 0 Å². The first-order valence-corrected chi connectivity index (χ1v) is 7.41. The number of nitrogens with one attached hydrogen (secondary N) is 1. The third-order valence-corrected chi connectivity index (χ3v) is 3.43. The molecule has 1 heterocycles. The predicted octanol–water partition coefficient (Wildman–Crippen LogP) is 2.27. The number of likely N-dealkylation sites (tertiary alicyclic amines) is 1. The maximum atomic E-state index is 5.71. The molecule has 1 aliphatic rings. The summed E-state index contributed by atoms with van der Waals surface area (Å²) in [4.78, 5) is 2.54. The molecule has 1 rings (SSSR count). The Morgan fingerprint density at radius 2 is 2.12 bits per heavy atom. The molecule has 0 amide bonds. The van der Waals surface area contributed by atoms with Gasteiger partial charge in [-0.2, -0.15) is 0 Å². The largest absolute Gasteiger partial charge is 0.377 e. The van der Waals surface area contributed by atoms with Crippen molar-refractivity contribution in [2.24, 2.45) is 0 Å². The molecule has 0 spiro atoms. The van der Waals surface area contributed by atoms with Gasteiger partial charge in [0.15, 0.2) is 0 Å². The molecule has 0 aromatic heterocycles. The zero-order valence-electron chi connectivity index (χ0n) is 11.7. The highest BCUT2D eigenvalue weighted by molar-refractivity contribution is 4.73. The Kier molecular flexibility index (Phi) is 8.67. The van der Waals surface area contributed by atoms with E-state index in [-0.39, 0.29) is 0 Å². The molecule has 0 bridgehead atoms. The van der Waals surface area contributed by atoms with Crippen LogP contribution in [-0.4, -0.2) is 50.3 Å². The molecule has 3 nitrogen and oxygen atoms in total. The van der Waals surface area contributed by atoms with Crippen molar-refractivity contribution < 1.29 is 4.74 Å². The van der Waals surface area contributed by atoms with Crippen molar-refractivity contribution in [2.45, 2.75) is 52.1 Å². The number of nitrogens with zero attached hydrogens (tertiary/aromatic N) is 1. The number of piperidine rings is 1. The van der Waals surface area contributed by atoms with E-state index < -0.39 is 0 Å². The van der Waals surface area contributed by atoms with Gasteiger partial charge in [0.1, 0.15) is 0 Å². The van der Waals surface area contributed by atoms with Gasteiger partial charge < -0.3 is 10.1 Å². The second kappa shape index (κ2) is 9.86. The van der Waals surface area contributed by atoms with Gasteiger partial charge in [-0.05, 0) is 39.3 Å². The molecule has 0 aliphatic carbocycles. The van der Waals surface area contributed by atoms with E-state index in [1.807, 2.05) is 0 Å². The smallest absolute Gasteiger partial charge is 0.0702 e. The minimum atomic E-state index is 0.480. The molecule has 1 unspecified atom stereocenters. The Balaban J connectivity index is 1.98. The van der Waals surface area contributed by atoms with Crippen molar-refractivity contribution >= 4 is 0 Å². The third-order valence-electron chi connectivity index (χ3n) is 3.43. The molecule has 0 aromatic rings. The fraction of sp³-hybridized carbons (Fsp3) is 1.00. The molecule has 1 saturated heterocycles. The van der Waals surface area contributed by atoms with Crippen LogP contribution in [0, 0.1) is 0 Å². The third kappa shape index (κ3) is 7.02. The minimum Gasteiger partial charge on any atom is -0.377 e. The Hall–Kier alpha value is -0.120. The first-order valence-electron chi connectivity index (χ1n) is 7.41. The zero-order chi connectivity index (χ0) is 12.3. The van der Waals surface area contributed by atoms with Crippen LogP contribution < -0.4 is 5.32 Å². The normalized spacial score (nSPS) is 21.9. The molecule has 102 valence electrons. The highest BCUT2D eigenvalue weighted by atomic mass is 16.5. The topological polar surface area (TPSA) is 24.5 Å². The second-order valence-corrected chi connectivity index (χ2v) is 4.98. The molecule has 0 radical (unpaired) electrons. The van der Waals surface area contributed by atoms with E-state index in [9.17, 15) is 0 Å². The van der Waals surface area contributed by atoms with Crippen molar-refractivity contribution in [1.82, 2.24) is 10.2 Å². The highest BCUT2D eigenvalue weighted by Crippen LogP contribution is 2.12. The summed E-state index contributed by atoms with van der Waals surface area (Å²) in [6.07, 6.45) is 6.99. The van der Waals surface area contributed by atoms with Gasteiger partial charge in [-0.3, -0.25) is 4.90 Å². The van der Waals surface area contributed by atoms with Gasteiger partial charge in [-0.15, -0.1) is 0 Å². The molecule has 1 N–H and O–H groups in total. The number of rotatable bonds is 9. The first-order chi connectivity index (χ1) is 8.36. The van der Waals surface area contributed by atoms with Gasteiger partial charge in [0.05, 0.1) is 6.10 Å². The lowest BCUT2D eigenvalue weighted by atomic mass is 10.1. The molecule has 1 aliphatic heterocycles. The summed E-state index contributed by atoms with van der Waals surface area (Å²) in [7, 11) is 0. The van der Waals surface area contributed by atoms with Crippen LogP contribution in [0.1, 0.15) is 46.0 Å². The van der Waals surface area contributed by atoms with Crippen LogP contribution >= 0.6 is 0 Å². The monoisotopic (exact) mass is 242 g/mol. The number of hydrogen-bond acceptors (Lipinski definition) is 3. The summed E-state index contributed by atoms with van der Waals surface area (Å²) in [6.45, 7) is 11.1. The molecule has 17 heavy (non-hydrogen) atoms. The van der Waals surface area contributed by atoms with E-state index in [0.29, 0.717) is 6.10 Å². The van der Waals surface area contributed by atoms with Crippen molar-refractivity contribution in [3.05, 3.63) is 0 Å². The van der Waals surface area contributed by atoms with E-state index in [1.54, 1.807) is 0 Å². The van der Waals surface area contributed by atoms with Crippen molar-refractivity contribution in [3.8, 4) is 0 Å². The van der Waals surface area contributed by atoms with Crippen LogP contribution in [0.5, 0.6) is 0 Å². The molecular formula is C14H30N2O. The lowest BCUT2D eigenvalue weighted by Gasteiger charge is -2.32. The fourth-order valence-corrected chi connectivity index (χ4v) is 2.45. The predicted molar refractivity (Wildman–Crippen MR) is 73.5 cm³/mol. The molecule has 0 aromatic carbocycles. The van der Waals surface area contributed by atoms with Gasteiger partial charge in [0, 0.05) is 26.2 Å². The Bertz CT molecular complexity index is 174. The summed E-state index contributed by atoms with van der Waals surface area (Å²) in [5, 5.41) is 3.53. The van der Waals surface area contributed by atoms with Crippen LogP contribution in [0.4, 0.5) is 0 Å². The maximum absolute atomic E-state index is 5.71. The number of unbranched alkanes of at least 4 members (excludes halogenated alkanes) is 2. The van der Waals surface area contributed by atoms with E-state index in [4.69, 9.17) is 4.74 Å². The summed E-state index contributed by atoms with van der Waals surface area (Å²) >= 11 is 0.